The monoisotopic (exact) mass is 229 g/mol. The second-order valence-corrected chi connectivity index (χ2v) is 6.37. The minimum absolute atomic E-state index is 0.0125. The highest BCUT2D eigenvalue weighted by atomic mass is 16.5. The largest absolute Gasteiger partial charge is 0.377 e. The summed E-state index contributed by atoms with van der Waals surface area (Å²) in [7, 11) is 1.76. The Balaban J connectivity index is 2.13. The van der Waals surface area contributed by atoms with Crippen LogP contribution in [0.4, 0.5) is 0 Å². The van der Waals surface area contributed by atoms with Crippen molar-refractivity contribution >= 4 is 0 Å². The number of hydrogen-bond acceptors (Lipinski definition) is 3. The topological polar surface area (TPSA) is 30.5 Å². The van der Waals surface area contributed by atoms with E-state index in [1.165, 1.54) is 0 Å². The first-order chi connectivity index (χ1) is 7.22. The summed E-state index contributed by atoms with van der Waals surface area (Å²) in [5.74, 6) is 0. The van der Waals surface area contributed by atoms with Gasteiger partial charge in [-0.1, -0.05) is 0 Å². The molecule has 3 heteroatoms. The van der Waals surface area contributed by atoms with Crippen molar-refractivity contribution in [2.24, 2.45) is 0 Å². The molecule has 1 rings (SSSR count). The van der Waals surface area contributed by atoms with Gasteiger partial charge in [0.15, 0.2) is 0 Å². The van der Waals surface area contributed by atoms with Crippen LogP contribution in [0.5, 0.6) is 0 Å². The van der Waals surface area contributed by atoms with Gasteiger partial charge in [0.2, 0.25) is 0 Å². The minimum atomic E-state index is -0.0734. The Hall–Kier alpha value is -0.120. The van der Waals surface area contributed by atoms with Crippen LogP contribution in [0.15, 0.2) is 0 Å². The molecule has 1 aliphatic carbocycles. The predicted octanol–water partition coefficient (Wildman–Crippen LogP) is 2.35. The fourth-order valence-corrected chi connectivity index (χ4v) is 1.79. The molecular weight excluding hydrogens is 202 g/mol. The van der Waals surface area contributed by atoms with Crippen molar-refractivity contribution in [3.63, 3.8) is 0 Å². The van der Waals surface area contributed by atoms with Gasteiger partial charge in [0.05, 0.1) is 17.3 Å². The van der Waals surface area contributed by atoms with E-state index in [1.54, 1.807) is 7.11 Å². The Labute approximate surface area is 99.9 Å². The van der Waals surface area contributed by atoms with Crippen LogP contribution in [0.3, 0.4) is 0 Å². The number of ether oxygens (including phenoxy) is 2. The summed E-state index contributed by atoms with van der Waals surface area (Å²) >= 11 is 0. The molecule has 0 heterocycles. The van der Waals surface area contributed by atoms with Crippen molar-refractivity contribution in [2.45, 2.75) is 70.8 Å². The number of rotatable bonds is 5. The molecule has 0 radical (unpaired) electrons. The van der Waals surface area contributed by atoms with Gasteiger partial charge in [0, 0.05) is 19.7 Å². The van der Waals surface area contributed by atoms with E-state index in [2.05, 4.69) is 39.9 Å². The van der Waals surface area contributed by atoms with Crippen molar-refractivity contribution in [3.8, 4) is 0 Å². The second-order valence-electron chi connectivity index (χ2n) is 6.37. The zero-order valence-corrected chi connectivity index (χ0v) is 11.6. The second kappa shape index (κ2) is 5.03. The van der Waals surface area contributed by atoms with Gasteiger partial charge in [-0.05, 0) is 47.5 Å². The highest BCUT2D eigenvalue weighted by Gasteiger charge is 2.33. The summed E-state index contributed by atoms with van der Waals surface area (Å²) in [5, 5.41) is 3.52. The standard InChI is InChI=1S/C13H27NO2/c1-12(2,3)16-11-7-10(8-11)14-9-13(4,5)15-6/h10-11,14H,7-9H2,1-6H3. The molecule has 0 aromatic carbocycles. The van der Waals surface area contributed by atoms with Crippen LogP contribution in [-0.4, -0.2) is 37.0 Å². The summed E-state index contributed by atoms with van der Waals surface area (Å²) in [6, 6.07) is 0.599. The van der Waals surface area contributed by atoms with Crippen molar-refractivity contribution in [3.05, 3.63) is 0 Å². The molecule has 0 aliphatic heterocycles. The summed E-state index contributed by atoms with van der Waals surface area (Å²) < 4.78 is 11.3. The van der Waals surface area contributed by atoms with E-state index in [0.29, 0.717) is 12.1 Å². The van der Waals surface area contributed by atoms with E-state index in [0.717, 1.165) is 19.4 Å². The van der Waals surface area contributed by atoms with Gasteiger partial charge in [-0.15, -0.1) is 0 Å². The van der Waals surface area contributed by atoms with Crippen LogP contribution in [0.2, 0.25) is 0 Å². The van der Waals surface area contributed by atoms with Gasteiger partial charge in [-0.25, -0.2) is 0 Å². The number of hydrogen-bond donors (Lipinski definition) is 1. The minimum Gasteiger partial charge on any atom is -0.377 e. The third-order valence-electron chi connectivity index (χ3n) is 2.98. The average molecular weight is 229 g/mol. The maximum absolute atomic E-state index is 5.89. The SMILES string of the molecule is COC(C)(C)CNC1CC(OC(C)(C)C)C1. The normalized spacial score (nSPS) is 26.6. The van der Waals surface area contributed by atoms with Gasteiger partial charge in [0.25, 0.3) is 0 Å². The third kappa shape index (κ3) is 4.81. The fraction of sp³-hybridized carbons (Fsp3) is 1.00. The molecule has 0 unspecified atom stereocenters. The quantitative estimate of drug-likeness (QED) is 0.785. The summed E-state index contributed by atoms with van der Waals surface area (Å²) in [4.78, 5) is 0. The van der Waals surface area contributed by atoms with Gasteiger partial charge < -0.3 is 14.8 Å². The first-order valence-corrected chi connectivity index (χ1v) is 6.18. The van der Waals surface area contributed by atoms with E-state index in [1.807, 2.05) is 0 Å². The highest BCUT2D eigenvalue weighted by molar-refractivity contribution is 4.89. The molecule has 0 atom stereocenters. The molecular formula is C13H27NO2. The molecule has 1 N–H and O–H groups in total. The first kappa shape index (κ1) is 13.9. The molecule has 16 heavy (non-hydrogen) atoms. The van der Waals surface area contributed by atoms with Crippen molar-refractivity contribution in [1.29, 1.82) is 0 Å². The Morgan fingerprint density at radius 3 is 2.12 bits per heavy atom. The lowest BCUT2D eigenvalue weighted by Gasteiger charge is -2.40. The van der Waals surface area contributed by atoms with Crippen LogP contribution in [-0.2, 0) is 9.47 Å². The Morgan fingerprint density at radius 1 is 1.12 bits per heavy atom. The van der Waals surface area contributed by atoms with Crippen molar-refractivity contribution in [2.75, 3.05) is 13.7 Å². The van der Waals surface area contributed by atoms with E-state index < -0.39 is 0 Å². The smallest absolute Gasteiger partial charge is 0.0746 e. The molecule has 0 aromatic rings. The van der Waals surface area contributed by atoms with E-state index >= 15 is 0 Å². The summed E-state index contributed by atoms with van der Waals surface area (Å²) in [6.07, 6.45) is 2.68. The molecule has 1 saturated carbocycles. The zero-order chi connectivity index (χ0) is 12.4. The Kier molecular flexibility index (Phi) is 4.38. The average Bonchev–Trinajstić information content (AvgIpc) is 2.07. The van der Waals surface area contributed by atoms with E-state index in [4.69, 9.17) is 9.47 Å². The van der Waals surface area contributed by atoms with Crippen LogP contribution in [0.1, 0.15) is 47.5 Å². The van der Waals surface area contributed by atoms with Crippen LogP contribution in [0, 0.1) is 0 Å². The summed E-state index contributed by atoms with van der Waals surface area (Å²) in [6.45, 7) is 11.4. The molecule has 0 saturated heterocycles. The van der Waals surface area contributed by atoms with Crippen LogP contribution < -0.4 is 5.32 Å². The van der Waals surface area contributed by atoms with Gasteiger partial charge in [-0.2, -0.15) is 0 Å². The molecule has 3 nitrogen and oxygen atoms in total. The third-order valence-corrected chi connectivity index (χ3v) is 2.98. The molecule has 0 spiro atoms. The Bertz CT molecular complexity index is 214. The fourth-order valence-electron chi connectivity index (χ4n) is 1.79. The molecule has 0 amide bonds. The molecule has 96 valence electrons. The summed E-state index contributed by atoms with van der Waals surface area (Å²) in [5.41, 5.74) is -0.0859. The van der Waals surface area contributed by atoms with Gasteiger partial charge in [0.1, 0.15) is 0 Å². The molecule has 0 aromatic heterocycles. The first-order valence-electron chi connectivity index (χ1n) is 6.18. The maximum atomic E-state index is 5.89. The maximum Gasteiger partial charge on any atom is 0.0746 e. The molecule has 1 aliphatic rings. The lowest BCUT2D eigenvalue weighted by Crippen LogP contribution is -2.51. The highest BCUT2D eigenvalue weighted by Crippen LogP contribution is 2.27. The number of methoxy groups -OCH3 is 1. The lowest BCUT2D eigenvalue weighted by molar-refractivity contribution is -0.104. The van der Waals surface area contributed by atoms with Gasteiger partial charge in [-0.3, -0.25) is 0 Å². The number of nitrogens with one attached hydrogen (secondary N) is 1. The van der Waals surface area contributed by atoms with E-state index in [-0.39, 0.29) is 11.2 Å². The molecule has 1 fully saturated rings. The lowest BCUT2D eigenvalue weighted by atomic mass is 9.88. The van der Waals surface area contributed by atoms with Crippen LogP contribution >= 0.6 is 0 Å². The van der Waals surface area contributed by atoms with Crippen molar-refractivity contribution in [1.82, 2.24) is 5.32 Å². The van der Waals surface area contributed by atoms with Gasteiger partial charge >= 0.3 is 0 Å². The Morgan fingerprint density at radius 2 is 1.69 bits per heavy atom. The zero-order valence-electron chi connectivity index (χ0n) is 11.6. The van der Waals surface area contributed by atoms with E-state index in [9.17, 15) is 0 Å². The predicted molar refractivity (Wildman–Crippen MR) is 66.7 cm³/mol. The van der Waals surface area contributed by atoms with Crippen LogP contribution in [0.25, 0.3) is 0 Å². The van der Waals surface area contributed by atoms with Crippen molar-refractivity contribution < 1.29 is 9.47 Å². The molecule has 0 bridgehead atoms.